The van der Waals surface area contributed by atoms with Crippen LogP contribution in [-0.4, -0.2) is 25.6 Å². The molecule has 1 radical (unpaired) electrons. The molecule has 42 heavy (non-hydrogen) atoms. The molecule has 5 rings (SSSR count). The fraction of sp³-hybridized carbons (Fsp3) is 0.111. The predicted octanol–water partition coefficient (Wildman–Crippen LogP) is 7.60. The molecule has 0 aromatic heterocycles. The summed E-state index contributed by atoms with van der Waals surface area (Å²) in [5.74, 6) is 1.50. The molecule has 0 aliphatic rings. The van der Waals surface area contributed by atoms with Gasteiger partial charge in [0.1, 0.15) is 17.1 Å². The Labute approximate surface area is 250 Å². The lowest BCUT2D eigenvalue weighted by atomic mass is 9.80. The second-order valence-corrected chi connectivity index (χ2v) is 10.5. The molecular formula is C36H29O5S. The molecule has 0 fully saturated rings. The first kappa shape index (κ1) is 28.9. The fourth-order valence-corrected chi connectivity index (χ4v) is 5.62. The Kier molecular flexibility index (Phi) is 9.17. The van der Waals surface area contributed by atoms with Gasteiger partial charge in [-0.25, -0.2) is 0 Å². The van der Waals surface area contributed by atoms with Crippen molar-refractivity contribution in [1.29, 1.82) is 0 Å². The summed E-state index contributed by atoms with van der Waals surface area (Å²) in [6.07, 6.45) is 1.89. The maximum atomic E-state index is 13.0. The Hall–Kier alpha value is -4.65. The van der Waals surface area contributed by atoms with Crippen molar-refractivity contribution in [3.05, 3.63) is 161 Å². The van der Waals surface area contributed by atoms with Crippen LogP contribution in [0.15, 0.2) is 132 Å². The first-order valence-corrected chi connectivity index (χ1v) is 14.2. The van der Waals surface area contributed by atoms with Gasteiger partial charge in [-0.05, 0) is 70.4 Å². The quantitative estimate of drug-likeness (QED) is 0.120. The highest BCUT2D eigenvalue weighted by atomic mass is 32.2. The summed E-state index contributed by atoms with van der Waals surface area (Å²) in [5.41, 5.74) is 3.70. The van der Waals surface area contributed by atoms with E-state index in [9.17, 15) is 9.59 Å². The molecule has 0 atom stereocenters. The summed E-state index contributed by atoms with van der Waals surface area (Å²) in [5, 5.41) is -0.153. The normalized spacial score (nSPS) is 11.1. The van der Waals surface area contributed by atoms with E-state index in [1.165, 1.54) is 0 Å². The van der Waals surface area contributed by atoms with Crippen LogP contribution in [-0.2, 0) is 21.7 Å². The number of rotatable bonds is 11. The van der Waals surface area contributed by atoms with Gasteiger partial charge in [0.05, 0.1) is 20.8 Å². The van der Waals surface area contributed by atoms with Crippen molar-refractivity contribution in [1.82, 2.24) is 0 Å². The summed E-state index contributed by atoms with van der Waals surface area (Å²) < 4.78 is 17.8. The van der Waals surface area contributed by atoms with Gasteiger partial charge in [-0.1, -0.05) is 91.0 Å². The minimum absolute atomic E-state index is 0.153. The number of methoxy groups -OCH3 is 2. The second-order valence-electron chi connectivity index (χ2n) is 9.48. The Morgan fingerprint density at radius 3 is 1.74 bits per heavy atom. The number of thioether (sulfide) groups is 1. The molecular weight excluding hydrogens is 544 g/mol. The van der Waals surface area contributed by atoms with E-state index >= 15 is 0 Å². The first-order chi connectivity index (χ1) is 20.6. The molecule has 0 aliphatic heterocycles. The van der Waals surface area contributed by atoms with E-state index in [0.717, 1.165) is 45.5 Å². The number of hydrogen-bond donors (Lipinski definition) is 0. The maximum Gasteiger partial charge on any atom is 0.234 e. The van der Waals surface area contributed by atoms with Crippen LogP contribution in [0.25, 0.3) is 0 Å². The lowest BCUT2D eigenvalue weighted by molar-refractivity contribution is 0.000188. The smallest absolute Gasteiger partial charge is 0.234 e. The molecule has 0 spiro atoms. The minimum atomic E-state index is -0.945. The molecule has 0 saturated heterocycles. The molecule has 5 aromatic carbocycles. The fourth-order valence-electron chi connectivity index (χ4n) is 4.80. The molecule has 0 unspecified atom stereocenters. The van der Waals surface area contributed by atoms with Crippen molar-refractivity contribution >= 4 is 23.2 Å². The molecule has 0 heterocycles. The van der Waals surface area contributed by atoms with E-state index in [2.05, 4.69) is 12.1 Å². The van der Waals surface area contributed by atoms with Crippen LogP contribution < -0.4 is 9.47 Å². The number of carbonyl (C=O) groups excluding carboxylic acids is 2. The highest BCUT2D eigenvalue weighted by molar-refractivity contribution is 8.14. The van der Waals surface area contributed by atoms with E-state index < -0.39 is 5.60 Å². The van der Waals surface area contributed by atoms with Crippen LogP contribution in [0.1, 0.15) is 38.2 Å². The van der Waals surface area contributed by atoms with Crippen LogP contribution in [0.5, 0.6) is 11.5 Å². The Balaban J connectivity index is 1.47. The maximum absolute atomic E-state index is 13.0. The predicted molar refractivity (Wildman–Crippen MR) is 165 cm³/mol. The first-order valence-electron chi connectivity index (χ1n) is 13.3. The minimum Gasteiger partial charge on any atom is -0.497 e. The van der Waals surface area contributed by atoms with Gasteiger partial charge in [0.25, 0.3) is 0 Å². The zero-order chi connectivity index (χ0) is 29.4. The molecule has 6 heteroatoms. The molecule has 5 aromatic rings. The van der Waals surface area contributed by atoms with Gasteiger partial charge in [-0.3, -0.25) is 9.59 Å². The van der Waals surface area contributed by atoms with Gasteiger partial charge in [-0.2, -0.15) is 0 Å². The van der Waals surface area contributed by atoms with Crippen LogP contribution >= 0.6 is 11.8 Å². The average Bonchev–Trinajstić information content (AvgIpc) is 3.06. The lowest BCUT2D eigenvalue weighted by Crippen LogP contribution is -2.32. The molecule has 0 N–H and O–H groups in total. The van der Waals surface area contributed by atoms with Crippen molar-refractivity contribution in [3.8, 4) is 11.5 Å². The van der Waals surface area contributed by atoms with Gasteiger partial charge in [-0.15, -0.1) is 0 Å². The van der Waals surface area contributed by atoms with Crippen molar-refractivity contribution in [2.75, 3.05) is 14.2 Å². The van der Waals surface area contributed by atoms with E-state index in [-0.39, 0.29) is 11.7 Å². The summed E-state index contributed by atoms with van der Waals surface area (Å²) in [7, 11) is 3.29. The largest absolute Gasteiger partial charge is 0.497 e. The number of hydrogen-bond acceptors (Lipinski definition) is 6. The van der Waals surface area contributed by atoms with Crippen LogP contribution in [0.4, 0.5) is 0 Å². The van der Waals surface area contributed by atoms with Gasteiger partial charge >= 0.3 is 0 Å². The van der Waals surface area contributed by atoms with Gasteiger partial charge in [0, 0.05) is 16.0 Å². The molecule has 0 saturated carbocycles. The summed E-state index contributed by atoms with van der Waals surface area (Å²) in [6, 6.07) is 40.2. The van der Waals surface area contributed by atoms with Crippen molar-refractivity contribution in [2.24, 2.45) is 0 Å². The Bertz CT molecular complexity index is 1580. The summed E-state index contributed by atoms with van der Waals surface area (Å²) >= 11 is 1.02. The average molecular weight is 574 g/mol. The second kappa shape index (κ2) is 13.3. The highest BCUT2D eigenvalue weighted by Gasteiger charge is 2.38. The summed E-state index contributed by atoms with van der Waals surface area (Å²) in [6.45, 7) is 0.275. The Morgan fingerprint density at radius 1 is 0.667 bits per heavy atom. The number of benzene rings is 5. The standard InChI is InChI=1S/C36H29O5S/c1-39-32-20-16-30(17-21-32)36(29-9-4-3-5-10-29,31-18-22-33(40-2)23-19-31)41-25-26-12-14-27(15-13-26)35(38)42-34-11-7-6-8-28(34)24-37/h3-23H,25H2,1-2H3. The van der Waals surface area contributed by atoms with E-state index in [1.807, 2.05) is 85.1 Å². The van der Waals surface area contributed by atoms with E-state index in [0.29, 0.717) is 16.0 Å². The molecule has 0 aliphatic carbocycles. The van der Waals surface area contributed by atoms with E-state index in [4.69, 9.17) is 14.2 Å². The number of ether oxygens (including phenoxy) is 3. The van der Waals surface area contributed by atoms with Crippen LogP contribution in [0, 0.1) is 0 Å². The SMILES string of the molecule is COc1ccc(C(OCc2ccc(C(=O)Sc3ccccc3[C]=O)cc2)(c2ccccc2)c2ccc(OC)cc2)cc1. The van der Waals surface area contributed by atoms with Crippen LogP contribution in [0.3, 0.4) is 0 Å². The summed E-state index contributed by atoms with van der Waals surface area (Å²) in [4.78, 5) is 24.8. The van der Waals surface area contributed by atoms with Crippen LogP contribution in [0.2, 0.25) is 0 Å². The highest BCUT2D eigenvalue weighted by Crippen LogP contribution is 2.42. The van der Waals surface area contributed by atoms with Crippen molar-refractivity contribution in [3.63, 3.8) is 0 Å². The Morgan fingerprint density at radius 2 is 1.19 bits per heavy atom. The zero-order valence-electron chi connectivity index (χ0n) is 23.3. The molecule has 5 nitrogen and oxygen atoms in total. The van der Waals surface area contributed by atoms with Gasteiger partial charge < -0.3 is 14.2 Å². The van der Waals surface area contributed by atoms with Gasteiger partial charge in [0.2, 0.25) is 11.4 Å². The van der Waals surface area contributed by atoms with Gasteiger partial charge in [0.15, 0.2) is 0 Å². The molecule has 209 valence electrons. The number of carbonyl (C=O) groups is 1. The third kappa shape index (κ3) is 6.15. The third-order valence-corrected chi connectivity index (χ3v) is 8.02. The zero-order valence-corrected chi connectivity index (χ0v) is 24.1. The lowest BCUT2D eigenvalue weighted by Gasteiger charge is -2.36. The van der Waals surface area contributed by atoms with Crippen molar-refractivity contribution < 1.29 is 23.8 Å². The van der Waals surface area contributed by atoms with Crippen molar-refractivity contribution in [2.45, 2.75) is 17.1 Å². The topological polar surface area (TPSA) is 61.8 Å². The van der Waals surface area contributed by atoms with E-state index in [1.54, 1.807) is 50.6 Å². The monoisotopic (exact) mass is 573 g/mol. The molecule has 0 bridgehead atoms. The third-order valence-electron chi connectivity index (χ3n) is 7.02. The molecule has 0 amide bonds.